The molecule has 0 aliphatic carbocycles. The van der Waals surface area contributed by atoms with E-state index in [4.69, 9.17) is 10.9 Å². The van der Waals surface area contributed by atoms with Gasteiger partial charge >= 0.3 is 0 Å². The van der Waals surface area contributed by atoms with E-state index in [1.807, 2.05) is 6.92 Å². The van der Waals surface area contributed by atoms with Gasteiger partial charge in [0, 0.05) is 0 Å². The van der Waals surface area contributed by atoms with Gasteiger partial charge in [-0.2, -0.15) is 0 Å². The van der Waals surface area contributed by atoms with E-state index >= 15 is 0 Å². The highest BCUT2D eigenvalue weighted by Crippen LogP contribution is 2.25. The van der Waals surface area contributed by atoms with E-state index in [9.17, 15) is 4.79 Å². The van der Waals surface area contributed by atoms with E-state index in [0.717, 1.165) is 25.0 Å². The van der Waals surface area contributed by atoms with Gasteiger partial charge in [-0.25, -0.2) is 0 Å². The minimum atomic E-state index is -0.347. The smallest absolute Gasteiger partial charge is 0.233 e. The van der Waals surface area contributed by atoms with Crippen LogP contribution in [0.1, 0.15) is 39.0 Å². The minimum Gasteiger partial charge on any atom is -0.409 e. The van der Waals surface area contributed by atoms with Crippen LogP contribution in [0, 0.1) is 0 Å². The lowest BCUT2D eigenvalue weighted by Crippen LogP contribution is -2.47. The molecular weight excluding hydrogens is 238 g/mol. The minimum absolute atomic E-state index is 0.0137. The first-order valence-corrected chi connectivity index (χ1v) is 7.13. The van der Waals surface area contributed by atoms with Crippen LogP contribution >= 0.6 is 11.8 Å². The molecule has 0 aromatic heterocycles. The topological polar surface area (TPSA) is 87.7 Å². The van der Waals surface area contributed by atoms with Gasteiger partial charge in [0.1, 0.15) is 0 Å². The molecule has 1 aliphatic heterocycles. The van der Waals surface area contributed by atoms with Crippen LogP contribution in [0.4, 0.5) is 0 Å². The average molecular weight is 259 g/mol. The molecule has 17 heavy (non-hydrogen) atoms. The fourth-order valence-electron chi connectivity index (χ4n) is 1.86. The first kappa shape index (κ1) is 14.2. The number of amides is 1. The molecule has 1 rings (SSSR count). The Hall–Kier alpha value is -0.910. The van der Waals surface area contributed by atoms with Crippen LogP contribution in [0.5, 0.6) is 0 Å². The third-order valence-electron chi connectivity index (χ3n) is 2.84. The number of oxime groups is 1. The van der Waals surface area contributed by atoms with Crippen molar-refractivity contribution in [2.45, 2.75) is 50.3 Å². The Balaban J connectivity index is 2.50. The van der Waals surface area contributed by atoms with Gasteiger partial charge in [0.05, 0.1) is 11.3 Å². The molecule has 0 saturated carbocycles. The molecule has 1 saturated heterocycles. The highest BCUT2D eigenvalue weighted by molar-refractivity contribution is 8.00. The molecule has 0 aromatic rings. The van der Waals surface area contributed by atoms with E-state index in [0.29, 0.717) is 6.42 Å². The molecular formula is C11H21N3O2S. The van der Waals surface area contributed by atoms with E-state index in [2.05, 4.69) is 10.5 Å². The van der Waals surface area contributed by atoms with Crippen LogP contribution in [0.3, 0.4) is 0 Å². The number of thioether (sulfide) groups is 1. The number of nitrogens with two attached hydrogens (primary N) is 1. The van der Waals surface area contributed by atoms with Gasteiger partial charge < -0.3 is 16.3 Å². The summed E-state index contributed by atoms with van der Waals surface area (Å²) in [6, 6.07) is -0.347. The number of amidine groups is 1. The largest absolute Gasteiger partial charge is 0.409 e. The van der Waals surface area contributed by atoms with Crippen molar-refractivity contribution in [1.29, 1.82) is 0 Å². The summed E-state index contributed by atoms with van der Waals surface area (Å²) in [4.78, 5) is 12.0. The second-order valence-corrected chi connectivity index (χ2v) is 5.54. The molecule has 1 amide bonds. The van der Waals surface area contributed by atoms with Crippen LogP contribution in [0.15, 0.2) is 5.16 Å². The highest BCUT2D eigenvalue weighted by Gasteiger charge is 2.25. The molecule has 0 radical (unpaired) electrons. The lowest BCUT2D eigenvalue weighted by atomic mass is 10.1. The van der Waals surface area contributed by atoms with Crippen molar-refractivity contribution in [2.75, 3.05) is 5.75 Å². The number of hydrogen-bond acceptors (Lipinski definition) is 4. The average Bonchev–Trinajstić information content (AvgIpc) is 2.38. The maximum Gasteiger partial charge on any atom is 0.233 e. The van der Waals surface area contributed by atoms with Crippen LogP contribution < -0.4 is 11.1 Å². The predicted molar refractivity (Wildman–Crippen MR) is 70.3 cm³/mol. The van der Waals surface area contributed by atoms with E-state index in [1.165, 1.54) is 6.42 Å². The van der Waals surface area contributed by atoms with Gasteiger partial charge in [-0.1, -0.05) is 24.9 Å². The second kappa shape index (κ2) is 7.42. The number of carbonyl (C=O) groups excluding carboxylic acids is 1. The summed E-state index contributed by atoms with van der Waals surface area (Å²) in [5, 5.41) is 14.5. The Morgan fingerprint density at radius 2 is 2.41 bits per heavy atom. The Morgan fingerprint density at radius 3 is 2.94 bits per heavy atom. The quantitative estimate of drug-likeness (QED) is 0.300. The van der Waals surface area contributed by atoms with Crippen molar-refractivity contribution in [3.05, 3.63) is 0 Å². The van der Waals surface area contributed by atoms with Gasteiger partial charge in [0.25, 0.3) is 0 Å². The summed E-state index contributed by atoms with van der Waals surface area (Å²) in [5.74, 6) is 1.14. The second-order valence-electron chi connectivity index (χ2n) is 4.23. The van der Waals surface area contributed by atoms with Crippen molar-refractivity contribution in [3.8, 4) is 0 Å². The van der Waals surface area contributed by atoms with Gasteiger partial charge in [0.2, 0.25) is 5.91 Å². The first-order valence-electron chi connectivity index (χ1n) is 6.08. The number of carbonyl (C=O) groups is 1. The van der Waals surface area contributed by atoms with E-state index < -0.39 is 0 Å². The summed E-state index contributed by atoms with van der Waals surface area (Å²) in [6.07, 6.45) is 4.78. The zero-order chi connectivity index (χ0) is 12.7. The molecule has 1 aliphatic rings. The van der Waals surface area contributed by atoms with Gasteiger partial charge in [-0.15, -0.1) is 11.8 Å². The fourth-order valence-corrected chi connectivity index (χ4v) is 3.07. The molecule has 6 heteroatoms. The summed E-state index contributed by atoms with van der Waals surface area (Å²) in [6.45, 7) is 2.00. The van der Waals surface area contributed by atoms with E-state index in [1.54, 1.807) is 11.8 Å². The molecule has 2 atom stereocenters. The monoisotopic (exact) mass is 259 g/mol. The maximum atomic E-state index is 12.0. The Bertz CT molecular complexity index is 278. The molecule has 0 spiro atoms. The fraction of sp³-hybridized carbons (Fsp3) is 0.818. The van der Waals surface area contributed by atoms with Gasteiger partial charge in [0.15, 0.2) is 5.84 Å². The molecule has 4 N–H and O–H groups in total. The van der Waals surface area contributed by atoms with E-state index in [-0.39, 0.29) is 23.0 Å². The molecule has 1 fully saturated rings. The number of rotatable bonds is 5. The normalized spacial score (nSPS) is 23.1. The van der Waals surface area contributed by atoms with Crippen LogP contribution in [-0.4, -0.2) is 34.0 Å². The van der Waals surface area contributed by atoms with Crippen molar-refractivity contribution >= 4 is 23.5 Å². The Morgan fingerprint density at radius 1 is 1.65 bits per heavy atom. The summed E-state index contributed by atoms with van der Waals surface area (Å²) < 4.78 is 0. The van der Waals surface area contributed by atoms with Crippen LogP contribution in [-0.2, 0) is 4.79 Å². The van der Waals surface area contributed by atoms with Gasteiger partial charge in [-0.05, 0) is 25.0 Å². The molecule has 0 aromatic carbocycles. The Labute approximate surface area is 106 Å². The van der Waals surface area contributed by atoms with Crippen molar-refractivity contribution < 1.29 is 10.0 Å². The maximum absolute atomic E-state index is 12.0. The lowest BCUT2D eigenvalue weighted by Gasteiger charge is -2.23. The third kappa shape index (κ3) is 4.46. The summed E-state index contributed by atoms with van der Waals surface area (Å²) >= 11 is 1.70. The van der Waals surface area contributed by atoms with Crippen molar-refractivity contribution in [3.63, 3.8) is 0 Å². The van der Waals surface area contributed by atoms with Crippen LogP contribution in [0.25, 0.3) is 0 Å². The third-order valence-corrected chi connectivity index (χ3v) is 4.21. The zero-order valence-electron chi connectivity index (χ0n) is 10.2. The summed E-state index contributed by atoms with van der Waals surface area (Å²) in [5.41, 5.74) is 5.56. The zero-order valence-corrected chi connectivity index (χ0v) is 11.0. The number of hydrogen-bond donors (Lipinski definition) is 3. The molecule has 0 bridgehead atoms. The molecule has 98 valence electrons. The number of nitrogens with zero attached hydrogens (tertiary/aromatic N) is 1. The standard InChI is InChI=1S/C11H21N3O2S/c1-2-5-8(10(12)14-16)13-11(15)9-6-3-4-7-17-9/h8-9,16H,2-7H2,1H3,(H2,12,14)(H,13,15). The predicted octanol–water partition coefficient (Wildman–Crippen LogP) is 1.30. The SMILES string of the molecule is CCCC(NC(=O)C1CCCCS1)C(N)=NO. The van der Waals surface area contributed by atoms with Crippen LogP contribution in [0.2, 0.25) is 0 Å². The molecule has 2 unspecified atom stereocenters. The van der Waals surface area contributed by atoms with Gasteiger partial charge in [-0.3, -0.25) is 4.79 Å². The van der Waals surface area contributed by atoms with Crippen molar-refractivity contribution in [1.82, 2.24) is 5.32 Å². The molecule has 5 nitrogen and oxygen atoms in total. The highest BCUT2D eigenvalue weighted by atomic mass is 32.2. The first-order chi connectivity index (χ1) is 8.19. The summed E-state index contributed by atoms with van der Waals surface area (Å²) in [7, 11) is 0. The van der Waals surface area contributed by atoms with Crippen molar-refractivity contribution in [2.24, 2.45) is 10.9 Å². The Kier molecular flexibility index (Phi) is 6.18. The lowest BCUT2D eigenvalue weighted by molar-refractivity contribution is -0.121. The molecule has 1 heterocycles. The number of nitrogens with one attached hydrogen (secondary N) is 1.